The van der Waals surface area contributed by atoms with E-state index < -0.39 is 16.9 Å². The van der Waals surface area contributed by atoms with Crippen LogP contribution in [0.25, 0.3) is 0 Å². The molecular formula is C16H22N2O6S. The Morgan fingerprint density at radius 2 is 2.12 bits per heavy atom. The first kappa shape index (κ1) is 20.8. The fourth-order valence-corrected chi connectivity index (χ4v) is 2.91. The highest BCUT2D eigenvalue weighted by atomic mass is 32.2. The zero-order valence-electron chi connectivity index (χ0n) is 14.4. The first-order chi connectivity index (χ1) is 11.8. The number of ether oxygens (including phenoxy) is 1. The van der Waals surface area contributed by atoms with E-state index in [1.165, 1.54) is 31.0 Å². The summed E-state index contributed by atoms with van der Waals surface area (Å²) in [6.07, 6.45) is 0.639. The molecule has 0 aliphatic heterocycles. The average molecular weight is 370 g/mol. The first-order valence-electron chi connectivity index (χ1n) is 7.71. The second-order valence-corrected chi connectivity index (χ2v) is 6.51. The minimum Gasteiger partial charge on any atom is -0.490 e. The number of carboxylic acid groups (broad SMARTS) is 1. The molecule has 0 saturated heterocycles. The van der Waals surface area contributed by atoms with Gasteiger partial charge in [0.25, 0.3) is 0 Å². The molecule has 0 spiro atoms. The van der Waals surface area contributed by atoms with Gasteiger partial charge in [0.05, 0.1) is 17.8 Å². The third-order valence-electron chi connectivity index (χ3n) is 3.74. The number of carbonyl (C=O) groups excluding carboxylic acids is 1. The second-order valence-electron chi connectivity index (χ2n) is 5.53. The van der Waals surface area contributed by atoms with Crippen molar-refractivity contribution in [3.05, 3.63) is 33.9 Å². The van der Waals surface area contributed by atoms with Crippen molar-refractivity contribution in [1.82, 2.24) is 5.32 Å². The van der Waals surface area contributed by atoms with E-state index in [4.69, 9.17) is 9.84 Å². The smallest absolute Gasteiger partial charge is 0.326 e. The lowest BCUT2D eigenvalue weighted by atomic mass is 9.99. The SMILES string of the molecule is CCC(C)C(NC(=O)CSCc1ccc(OC)c([N+](=O)[O-])c1)C(=O)O. The maximum atomic E-state index is 11.9. The first-order valence-corrected chi connectivity index (χ1v) is 8.86. The average Bonchev–Trinajstić information content (AvgIpc) is 2.58. The van der Waals surface area contributed by atoms with Crippen molar-refractivity contribution < 1.29 is 24.4 Å². The van der Waals surface area contributed by atoms with E-state index in [0.29, 0.717) is 17.7 Å². The van der Waals surface area contributed by atoms with Crippen LogP contribution >= 0.6 is 11.8 Å². The van der Waals surface area contributed by atoms with Crippen LogP contribution in [0.2, 0.25) is 0 Å². The molecule has 1 aromatic rings. The normalized spacial score (nSPS) is 12.9. The summed E-state index contributed by atoms with van der Waals surface area (Å²) < 4.78 is 4.94. The van der Waals surface area contributed by atoms with Gasteiger partial charge in [-0.05, 0) is 17.5 Å². The molecular weight excluding hydrogens is 348 g/mol. The van der Waals surface area contributed by atoms with Gasteiger partial charge in [0.15, 0.2) is 5.75 Å². The van der Waals surface area contributed by atoms with Crippen molar-refractivity contribution in [1.29, 1.82) is 0 Å². The Morgan fingerprint density at radius 1 is 1.44 bits per heavy atom. The zero-order chi connectivity index (χ0) is 19.0. The Labute approximate surface area is 150 Å². The van der Waals surface area contributed by atoms with Gasteiger partial charge < -0.3 is 15.2 Å². The maximum Gasteiger partial charge on any atom is 0.326 e. The minimum absolute atomic E-state index is 0.0695. The van der Waals surface area contributed by atoms with Crippen LogP contribution in [0.3, 0.4) is 0 Å². The van der Waals surface area contributed by atoms with E-state index in [9.17, 15) is 19.7 Å². The number of thioether (sulfide) groups is 1. The number of nitrogens with zero attached hydrogens (tertiary/aromatic N) is 1. The summed E-state index contributed by atoms with van der Waals surface area (Å²) in [5.74, 6) is -0.969. The molecule has 1 rings (SSSR count). The monoisotopic (exact) mass is 370 g/mol. The Hall–Kier alpha value is -2.29. The Morgan fingerprint density at radius 3 is 2.64 bits per heavy atom. The standard InChI is InChI=1S/C16H22N2O6S/c1-4-10(2)15(16(20)21)17-14(19)9-25-8-11-5-6-13(24-3)12(7-11)18(22)23/h5-7,10,15H,4,8-9H2,1-3H3,(H,17,19)(H,20,21). The Kier molecular flexibility index (Phi) is 8.20. The van der Waals surface area contributed by atoms with Gasteiger partial charge in [0.2, 0.25) is 5.91 Å². The highest BCUT2D eigenvalue weighted by Gasteiger charge is 2.25. The number of hydrogen-bond acceptors (Lipinski definition) is 6. The molecule has 0 aromatic heterocycles. The summed E-state index contributed by atoms with van der Waals surface area (Å²) in [5.41, 5.74) is 0.551. The van der Waals surface area contributed by atoms with E-state index >= 15 is 0 Å². The number of hydrogen-bond donors (Lipinski definition) is 2. The van der Waals surface area contributed by atoms with E-state index in [0.717, 1.165) is 0 Å². The number of benzene rings is 1. The third-order valence-corrected chi connectivity index (χ3v) is 4.74. The molecule has 25 heavy (non-hydrogen) atoms. The lowest BCUT2D eigenvalue weighted by Crippen LogP contribution is -2.45. The van der Waals surface area contributed by atoms with Gasteiger partial charge in [0, 0.05) is 11.8 Å². The molecule has 0 heterocycles. The quantitative estimate of drug-likeness (QED) is 0.479. The summed E-state index contributed by atoms with van der Waals surface area (Å²) in [6.45, 7) is 3.63. The van der Waals surface area contributed by atoms with Crippen molar-refractivity contribution in [3.63, 3.8) is 0 Å². The number of nitro benzene ring substituents is 1. The third kappa shape index (κ3) is 6.26. The topological polar surface area (TPSA) is 119 Å². The molecule has 0 bridgehead atoms. The van der Waals surface area contributed by atoms with Crippen molar-refractivity contribution in [2.24, 2.45) is 5.92 Å². The van der Waals surface area contributed by atoms with Crippen LogP contribution in [-0.2, 0) is 15.3 Å². The number of nitro groups is 1. The van der Waals surface area contributed by atoms with Crippen molar-refractivity contribution >= 4 is 29.3 Å². The molecule has 0 fully saturated rings. The molecule has 0 saturated carbocycles. The summed E-state index contributed by atoms with van der Waals surface area (Å²) >= 11 is 1.25. The van der Waals surface area contributed by atoms with Gasteiger partial charge in [-0.1, -0.05) is 26.3 Å². The molecule has 138 valence electrons. The lowest BCUT2D eigenvalue weighted by molar-refractivity contribution is -0.385. The number of aliphatic carboxylic acids is 1. The van der Waals surface area contributed by atoms with Crippen LogP contribution in [-0.4, -0.2) is 40.8 Å². The predicted molar refractivity (Wildman–Crippen MR) is 94.8 cm³/mol. The van der Waals surface area contributed by atoms with Crippen LogP contribution in [0, 0.1) is 16.0 Å². The second kappa shape index (κ2) is 9.87. The molecule has 0 radical (unpaired) electrons. The number of methoxy groups -OCH3 is 1. The molecule has 2 N–H and O–H groups in total. The Balaban J connectivity index is 2.59. The van der Waals surface area contributed by atoms with Gasteiger partial charge in [0.1, 0.15) is 6.04 Å². The number of amides is 1. The van der Waals surface area contributed by atoms with E-state index in [-0.39, 0.29) is 29.0 Å². The number of nitrogens with one attached hydrogen (secondary N) is 1. The summed E-state index contributed by atoms with van der Waals surface area (Å²) in [4.78, 5) is 33.6. The van der Waals surface area contributed by atoms with Crippen LogP contribution in [0.4, 0.5) is 5.69 Å². The molecule has 8 nitrogen and oxygen atoms in total. The molecule has 0 aliphatic rings. The molecule has 1 aromatic carbocycles. The lowest BCUT2D eigenvalue weighted by Gasteiger charge is -2.20. The van der Waals surface area contributed by atoms with Crippen molar-refractivity contribution in [3.8, 4) is 5.75 Å². The van der Waals surface area contributed by atoms with E-state index in [1.807, 2.05) is 6.92 Å². The zero-order valence-corrected chi connectivity index (χ0v) is 15.2. The predicted octanol–water partition coefficient (Wildman–Crippen LogP) is 2.45. The van der Waals surface area contributed by atoms with Crippen LogP contribution < -0.4 is 10.1 Å². The number of rotatable bonds is 10. The highest BCUT2D eigenvalue weighted by Crippen LogP contribution is 2.28. The molecule has 2 atom stereocenters. The Bertz CT molecular complexity index is 637. The van der Waals surface area contributed by atoms with Gasteiger partial charge >= 0.3 is 11.7 Å². The maximum absolute atomic E-state index is 11.9. The molecule has 0 aliphatic carbocycles. The number of carbonyl (C=O) groups is 2. The van der Waals surface area contributed by atoms with Gasteiger partial charge in [-0.3, -0.25) is 14.9 Å². The number of carboxylic acids is 1. The highest BCUT2D eigenvalue weighted by molar-refractivity contribution is 7.99. The van der Waals surface area contributed by atoms with Crippen LogP contribution in [0.5, 0.6) is 5.75 Å². The summed E-state index contributed by atoms with van der Waals surface area (Å²) in [6, 6.07) is 3.69. The van der Waals surface area contributed by atoms with Crippen LogP contribution in [0.15, 0.2) is 18.2 Å². The van der Waals surface area contributed by atoms with Crippen molar-refractivity contribution in [2.45, 2.75) is 32.1 Å². The summed E-state index contributed by atoms with van der Waals surface area (Å²) in [5, 5.41) is 22.7. The molecule has 9 heteroatoms. The van der Waals surface area contributed by atoms with E-state index in [2.05, 4.69) is 5.32 Å². The van der Waals surface area contributed by atoms with E-state index in [1.54, 1.807) is 13.0 Å². The summed E-state index contributed by atoms with van der Waals surface area (Å²) in [7, 11) is 1.36. The largest absolute Gasteiger partial charge is 0.490 e. The minimum atomic E-state index is -1.06. The van der Waals surface area contributed by atoms with Gasteiger partial charge in [-0.2, -0.15) is 0 Å². The molecule has 1 amide bonds. The fourth-order valence-electron chi connectivity index (χ4n) is 2.13. The van der Waals surface area contributed by atoms with Gasteiger partial charge in [-0.15, -0.1) is 11.8 Å². The molecule has 2 unspecified atom stereocenters. The van der Waals surface area contributed by atoms with Crippen molar-refractivity contribution in [2.75, 3.05) is 12.9 Å². The van der Waals surface area contributed by atoms with Crippen LogP contribution in [0.1, 0.15) is 25.8 Å². The van der Waals surface area contributed by atoms with Gasteiger partial charge in [-0.25, -0.2) is 4.79 Å². The fraction of sp³-hybridized carbons (Fsp3) is 0.500.